The number of carboxylic acid groups (broad SMARTS) is 6. The smallest absolute Gasteiger partial charge is 0.550 e. The second-order valence-corrected chi connectivity index (χ2v) is 4.96. The Labute approximate surface area is 196 Å². The molecule has 0 spiro atoms. The molecule has 0 aliphatic carbocycles. The Morgan fingerprint density at radius 1 is 0.438 bits per heavy atom. The van der Waals surface area contributed by atoms with Crippen LogP contribution >= 0.6 is 0 Å². The molecule has 0 aromatic heterocycles. The molecule has 0 amide bonds. The molecule has 0 unspecified atom stereocenters. The first-order valence-electron chi connectivity index (χ1n) is 6.66. The van der Waals surface area contributed by atoms with E-state index in [9.17, 15) is 59.4 Å². The first kappa shape index (κ1) is 40.0. The summed E-state index contributed by atoms with van der Waals surface area (Å²) in [6, 6.07) is 0. The van der Waals surface area contributed by atoms with Crippen LogP contribution in [0.2, 0.25) is 0 Å². The Morgan fingerprint density at radius 3 is 0.594 bits per heavy atom. The van der Waals surface area contributed by atoms with Gasteiger partial charge in [0.2, 0.25) is 17.4 Å². The summed E-state index contributed by atoms with van der Waals surface area (Å²) in [7, 11) is 0. The zero-order valence-corrected chi connectivity index (χ0v) is 17.1. The van der Waals surface area contributed by atoms with Gasteiger partial charge in [-0.05, 0) is 0 Å². The summed E-state index contributed by atoms with van der Waals surface area (Å²) in [5.74, 6) is -22.4. The van der Waals surface area contributed by atoms with E-state index in [1.54, 1.807) is 0 Å². The molecule has 184 valence electrons. The third kappa shape index (κ3) is 20.9. The largest absolute Gasteiger partial charge is 3.00 e. The number of aliphatic carboxylic acids is 6. The van der Waals surface area contributed by atoms with Crippen molar-refractivity contribution in [3.05, 3.63) is 0 Å². The average molecular weight is 556 g/mol. The topological polar surface area (TPSA) is 362 Å². The molecular formula is C12H12Fe2O18. The number of carboxylic acids is 6. The van der Waals surface area contributed by atoms with Crippen LogP contribution in [0.4, 0.5) is 0 Å². The molecule has 0 aliphatic heterocycles. The first-order valence-corrected chi connectivity index (χ1v) is 6.66. The van der Waals surface area contributed by atoms with Crippen LogP contribution in [0.3, 0.4) is 0 Å². The molecule has 0 heterocycles. The van der Waals surface area contributed by atoms with Crippen LogP contribution in [0.15, 0.2) is 0 Å². The van der Waals surface area contributed by atoms with Gasteiger partial charge in [-0.3, -0.25) is 0 Å². The average Bonchev–Trinajstić information content (AvgIpc) is 2.43. The molecule has 0 aromatic rings. The molecular weight excluding hydrogens is 544 g/mol. The van der Waals surface area contributed by atoms with Crippen LogP contribution in [0.1, 0.15) is 19.3 Å². The van der Waals surface area contributed by atoms with E-state index in [1.807, 2.05) is 0 Å². The van der Waals surface area contributed by atoms with Crippen molar-refractivity contribution in [2.75, 3.05) is 0 Å². The van der Waals surface area contributed by atoms with Crippen molar-refractivity contribution in [3.63, 3.8) is 0 Å². The fourth-order valence-electron chi connectivity index (χ4n) is 0.820. The zero-order chi connectivity index (χ0) is 25.1. The predicted molar refractivity (Wildman–Crippen MR) is 65.4 cm³/mol. The van der Waals surface area contributed by atoms with Crippen LogP contribution in [0.25, 0.3) is 0 Å². The Morgan fingerprint density at radius 2 is 0.562 bits per heavy atom. The molecule has 18 nitrogen and oxygen atoms in total. The van der Waals surface area contributed by atoms with E-state index in [-0.39, 0.29) is 34.1 Å². The summed E-state index contributed by atoms with van der Waals surface area (Å²) >= 11 is 0. The monoisotopic (exact) mass is 556 g/mol. The Balaban J connectivity index is -0.000000110. The van der Waals surface area contributed by atoms with Crippen LogP contribution in [0, 0.1) is 0 Å². The van der Waals surface area contributed by atoms with Gasteiger partial charge in [0.25, 0.3) is 0 Å². The minimum absolute atomic E-state index is 0. The van der Waals surface area contributed by atoms with Gasteiger partial charge in [-0.2, -0.15) is 0 Å². The van der Waals surface area contributed by atoms with E-state index in [0.717, 1.165) is 0 Å². The maximum atomic E-state index is 9.65. The first-order chi connectivity index (χ1) is 13.1. The molecule has 6 N–H and O–H groups in total. The molecule has 0 aliphatic rings. The molecule has 0 saturated heterocycles. The minimum Gasteiger partial charge on any atom is -0.550 e. The van der Waals surface area contributed by atoms with E-state index < -0.39 is 72.4 Å². The van der Waals surface area contributed by atoms with Gasteiger partial charge >= 0.3 is 34.1 Å². The number of hydrogen-bond donors (Lipinski definition) is 6. The van der Waals surface area contributed by atoms with E-state index in [1.165, 1.54) is 0 Å². The van der Waals surface area contributed by atoms with Gasteiger partial charge < -0.3 is 90.0 Å². The normalized spacial score (nSPS) is 10.3. The SMILES string of the molecule is O=C([O-])CC(O)(O)C(=O)[O-].O=C([O-])CC(O)(O)C(=O)[O-].O=C([O-])CC(O)(O)C(=O)[O-].[Fe+3].[Fe+3]. The van der Waals surface area contributed by atoms with Crippen LogP contribution in [-0.2, 0) is 62.9 Å². The maximum Gasteiger partial charge on any atom is 3.00 e. The third-order valence-corrected chi connectivity index (χ3v) is 2.15. The second kappa shape index (κ2) is 16.3. The van der Waals surface area contributed by atoms with Crippen molar-refractivity contribution >= 4 is 35.8 Å². The van der Waals surface area contributed by atoms with Crippen LogP contribution in [0.5, 0.6) is 0 Å². The fraction of sp³-hybridized carbons (Fsp3) is 0.500. The number of rotatable bonds is 9. The van der Waals surface area contributed by atoms with Crippen molar-refractivity contribution < 1.29 is 124 Å². The van der Waals surface area contributed by atoms with Crippen LogP contribution in [-0.4, -0.2) is 83.8 Å². The van der Waals surface area contributed by atoms with Crippen molar-refractivity contribution in [2.24, 2.45) is 0 Å². The fourth-order valence-corrected chi connectivity index (χ4v) is 0.820. The quantitative estimate of drug-likeness (QED) is 0.113. The maximum absolute atomic E-state index is 9.65. The summed E-state index contributed by atoms with van der Waals surface area (Å²) in [5.41, 5.74) is 0. The summed E-state index contributed by atoms with van der Waals surface area (Å²) in [5, 5.41) is 107. The van der Waals surface area contributed by atoms with Crippen molar-refractivity contribution in [1.29, 1.82) is 0 Å². The Bertz CT molecular complexity index is 579. The second-order valence-electron chi connectivity index (χ2n) is 4.96. The Kier molecular flexibility index (Phi) is 20.4. The summed E-state index contributed by atoms with van der Waals surface area (Å²) in [4.78, 5) is 57.8. The molecule has 0 atom stereocenters. The Hall–Kier alpha value is -2.38. The molecule has 20 heteroatoms. The van der Waals surface area contributed by atoms with Crippen molar-refractivity contribution in [3.8, 4) is 0 Å². The van der Waals surface area contributed by atoms with Gasteiger partial charge in [0.05, 0.1) is 0 Å². The van der Waals surface area contributed by atoms with Gasteiger partial charge in [-0.15, -0.1) is 0 Å². The van der Waals surface area contributed by atoms with Gasteiger partial charge in [-0.25, -0.2) is 0 Å². The standard InChI is InChI=1S/3C4H6O6.2Fe/c3*5-2(6)1-4(9,10)3(7)8;;/h3*9-10H,1H2,(H,5,6)(H,7,8);;/q;;;2*+3/p-6. The number of aliphatic hydroxyl groups is 6. The molecule has 0 rings (SSSR count). The van der Waals surface area contributed by atoms with Gasteiger partial charge in [-0.1, -0.05) is 0 Å². The van der Waals surface area contributed by atoms with Crippen molar-refractivity contribution in [2.45, 2.75) is 36.6 Å². The van der Waals surface area contributed by atoms with E-state index >= 15 is 0 Å². The van der Waals surface area contributed by atoms with Gasteiger partial charge in [0, 0.05) is 37.2 Å². The summed E-state index contributed by atoms with van der Waals surface area (Å²) in [6.07, 6.45) is -4.22. The number of carbonyl (C=O) groups is 6. The predicted octanol–water partition coefficient (Wildman–Crippen LogP) is -13.3. The summed E-state index contributed by atoms with van der Waals surface area (Å²) in [6.45, 7) is 0. The van der Waals surface area contributed by atoms with Gasteiger partial charge in [0.1, 0.15) is 17.9 Å². The van der Waals surface area contributed by atoms with Crippen molar-refractivity contribution in [1.82, 2.24) is 0 Å². The molecule has 0 saturated carbocycles. The van der Waals surface area contributed by atoms with E-state index in [2.05, 4.69) is 0 Å². The molecule has 32 heavy (non-hydrogen) atoms. The minimum atomic E-state index is -3.33. The van der Waals surface area contributed by atoms with E-state index in [4.69, 9.17) is 30.6 Å². The van der Waals surface area contributed by atoms with Gasteiger partial charge in [0.15, 0.2) is 0 Å². The molecule has 2 radical (unpaired) electrons. The van der Waals surface area contributed by atoms with E-state index in [0.29, 0.717) is 0 Å². The molecule has 0 bridgehead atoms. The van der Waals surface area contributed by atoms with Crippen LogP contribution < -0.4 is 30.6 Å². The molecule has 0 fully saturated rings. The third-order valence-electron chi connectivity index (χ3n) is 2.15. The summed E-state index contributed by atoms with van der Waals surface area (Å²) < 4.78 is 0. The number of carbonyl (C=O) groups excluding carboxylic acids is 6. The molecule has 0 aromatic carbocycles. The zero-order valence-electron chi connectivity index (χ0n) is 14.9. The number of hydrogen-bond acceptors (Lipinski definition) is 18.